The van der Waals surface area contributed by atoms with Crippen LogP contribution in [0.4, 0.5) is 0 Å². The van der Waals surface area contributed by atoms with E-state index in [1.165, 1.54) is 0 Å². The first kappa shape index (κ1) is 16.1. The molecule has 1 N–H and O–H groups in total. The minimum absolute atomic E-state index is 0.0638. The standard InChI is InChI=1S/C14H22N2O4S/c1-4-7-21(17,18)15-9-12(16(2)3)11-5-6-13-14(8-11)20-10-19-13/h5-6,8,12,15H,4,7,9-10H2,1-3H3. The lowest BCUT2D eigenvalue weighted by Gasteiger charge is -2.25. The van der Waals surface area contributed by atoms with Gasteiger partial charge in [-0.25, -0.2) is 13.1 Å². The molecule has 0 amide bonds. The van der Waals surface area contributed by atoms with Crippen LogP contribution in [0.2, 0.25) is 0 Å². The molecule has 0 saturated carbocycles. The number of hydrogen-bond acceptors (Lipinski definition) is 5. The maximum atomic E-state index is 11.8. The summed E-state index contributed by atoms with van der Waals surface area (Å²) in [5.41, 5.74) is 0.989. The molecule has 21 heavy (non-hydrogen) atoms. The van der Waals surface area contributed by atoms with Crippen LogP contribution in [-0.4, -0.2) is 46.5 Å². The Kier molecular flexibility index (Phi) is 5.08. The van der Waals surface area contributed by atoms with Crippen LogP contribution in [0.25, 0.3) is 0 Å². The van der Waals surface area contributed by atoms with Gasteiger partial charge in [-0.15, -0.1) is 0 Å². The van der Waals surface area contributed by atoms with E-state index < -0.39 is 10.0 Å². The zero-order chi connectivity index (χ0) is 15.5. The zero-order valence-electron chi connectivity index (χ0n) is 12.6. The molecule has 1 aliphatic rings. The topological polar surface area (TPSA) is 67.9 Å². The fraction of sp³-hybridized carbons (Fsp3) is 0.571. The van der Waals surface area contributed by atoms with Crippen molar-refractivity contribution in [3.05, 3.63) is 23.8 Å². The Morgan fingerprint density at radius 2 is 2.00 bits per heavy atom. The number of nitrogens with one attached hydrogen (secondary N) is 1. The number of hydrogen-bond donors (Lipinski definition) is 1. The smallest absolute Gasteiger partial charge is 0.231 e. The third kappa shape index (κ3) is 4.09. The molecule has 6 nitrogen and oxygen atoms in total. The molecule has 1 atom stereocenters. The molecule has 1 heterocycles. The summed E-state index contributed by atoms with van der Waals surface area (Å²) in [4.78, 5) is 1.98. The fourth-order valence-corrected chi connectivity index (χ4v) is 3.36. The Hall–Kier alpha value is -1.31. The van der Waals surface area contributed by atoms with Crippen LogP contribution in [0.3, 0.4) is 0 Å². The maximum Gasteiger partial charge on any atom is 0.231 e. The van der Waals surface area contributed by atoms with E-state index in [2.05, 4.69) is 4.72 Å². The first-order chi connectivity index (χ1) is 9.93. The molecule has 0 saturated heterocycles. The summed E-state index contributed by atoms with van der Waals surface area (Å²) in [6.07, 6.45) is 0.603. The summed E-state index contributed by atoms with van der Waals surface area (Å²) >= 11 is 0. The van der Waals surface area contributed by atoms with Gasteiger partial charge in [-0.3, -0.25) is 0 Å². The molecule has 0 radical (unpaired) electrons. The molecule has 1 unspecified atom stereocenters. The van der Waals surface area contributed by atoms with Crippen molar-refractivity contribution in [1.29, 1.82) is 0 Å². The van der Waals surface area contributed by atoms with Crippen LogP contribution >= 0.6 is 0 Å². The van der Waals surface area contributed by atoms with Gasteiger partial charge in [0.15, 0.2) is 11.5 Å². The maximum absolute atomic E-state index is 11.8. The molecule has 1 aromatic carbocycles. The summed E-state index contributed by atoms with van der Waals surface area (Å²) in [6.45, 7) is 2.41. The SMILES string of the molecule is CCCS(=O)(=O)NCC(c1ccc2c(c1)OCO2)N(C)C. The highest BCUT2D eigenvalue weighted by atomic mass is 32.2. The van der Waals surface area contributed by atoms with Crippen molar-refractivity contribution < 1.29 is 17.9 Å². The second-order valence-electron chi connectivity index (χ2n) is 5.26. The molecule has 0 aromatic heterocycles. The van der Waals surface area contributed by atoms with Crippen LogP contribution in [0.1, 0.15) is 24.9 Å². The number of ether oxygens (including phenoxy) is 2. The van der Waals surface area contributed by atoms with Crippen molar-refractivity contribution in [1.82, 2.24) is 9.62 Å². The van der Waals surface area contributed by atoms with Gasteiger partial charge in [0.25, 0.3) is 0 Å². The van der Waals surface area contributed by atoms with Crippen LogP contribution in [0, 0.1) is 0 Å². The van der Waals surface area contributed by atoms with E-state index in [1.807, 2.05) is 44.1 Å². The first-order valence-corrected chi connectivity index (χ1v) is 8.61. The molecule has 0 fully saturated rings. The molecule has 0 aliphatic carbocycles. The minimum Gasteiger partial charge on any atom is -0.454 e. The Bertz CT molecular complexity index is 587. The van der Waals surface area contributed by atoms with Gasteiger partial charge in [0.05, 0.1) is 5.75 Å². The van der Waals surface area contributed by atoms with Crippen molar-refractivity contribution in [2.24, 2.45) is 0 Å². The highest BCUT2D eigenvalue weighted by molar-refractivity contribution is 7.89. The number of sulfonamides is 1. The number of fused-ring (bicyclic) bond motifs is 1. The number of rotatable bonds is 7. The summed E-state index contributed by atoms with van der Waals surface area (Å²) < 4.78 is 36.9. The van der Waals surface area contributed by atoms with Gasteiger partial charge < -0.3 is 14.4 Å². The molecule has 7 heteroatoms. The number of benzene rings is 1. The fourth-order valence-electron chi connectivity index (χ4n) is 2.27. The minimum atomic E-state index is -3.21. The van der Waals surface area contributed by atoms with Gasteiger partial charge in [0.2, 0.25) is 16.8 Å². The Morgan fingerprint density at radius 3 is 2.67 bits per heavy atom. The van der Waals surface area contributed by atoms with E-state index >= 15 is 0 Å². The van der Waals surface area contributed by atoms with E-state index in [0.29, 0.717) is 18.7 Å². The third-order valence-electron chi connectivity index (χ3n) is 3.37. The molecule has 2 rings (SSSR count). The zero-order valence-corrected chi connectivity index (χ0v) is 13.4. The van der Waals surface area contributed by atoms with E-state index in [1.54, 1.807) is 0 Å². The van der Waals surface area contributed by atoms with Crippen LogP contribution in [-0.2, 0) is 10.0 Å². The molecule has 0 bridgehead atoms. The lowest BCUT2D eigenvalue weighted by molar-refractivity contribution is 0.174. The normalized spacial score (nSPS) is 15.4. The first-order valence-electron chi connectivity index (χ1n) is 6.96. The molecular formula is C14H22N2O4S. The van der Waals surface area contributed by atoms with Crippen LogP contribution in [0.5, 0.6) is 11.5 Å². The average Bonchev–Trinajstić information content (AvgIpc) is 2.85. The monoisotopic (exact) mass is 314 g/mol. The average molecular weight is 314 g/mol. The van der Waals surface area contributed by atoms with E-state index in [-0.39, 0.29) is 18.6 Å². The molecule has 118 valence electrons. The second kappa shape index (κ2) is 6.64. The lowest BCUT2D eigenvalue weighted by Crippen LogP contribution is -2.35. The predicted molar refractivity (Wildman–Crippen MR) is 81.1 cm³/mol. The summed E-state index contributed by atoms with van der Waals surface area (Å²) in [5.74, 6) is 1.58. The van der Waals surface area contributed by atoms with Crippen molar-refractivity contribution in [2.45, 2.75) is 19.4 Å². The van der Waals surface area contributed by atoms with Crippen molar-refractivity contribution in [3.8, 4) is 11.5 Å². The highest BCUT2D eigenvalue weighted by Gasteiger charge is 2.21. The quantitative estimate of drug-likeness (QED) is 0.823. The van der Waals surface area contributed by atoms with Gasteiger partial charge in [-0.05, 0) is 38.2 Å². The molecular weight excluding hydrogens is 292 g/mol. The third-order valence-corrected chi connectivity index (χ3v) is 4.93. The summed E-state index contributed by atoms with van der Waals surface area (Å²) in [5, 5.41) is 0. The van der Waals surface area contributed by atoms with E-state index in [9.17, 15) is 8.42 Å². The van der Waals surface area contributed by atoms with E-state index in [4.69, 9.17) is 9.47 Å². The Morgan fingerprint density at radius 1 is 1.29 bits per heavy atom. The highest BCUT2D eigenvalue weighted by Crippen LogP contribution is 2.34. The van der Waals surface area contributed by atoms with Gasteiger partial charge in [-0.2, -0.15) is 0 Å². The van der Waals surface area contributed by atoms with E-state index in [0.717, 1.165) is 11.3 Å². The summed E-state index contributed by atoms with van der Waals surface area (Å²) in [7, 11) is 0.628. The van der Waals surface area contributed by atoms with Gasteiger partial charge in [0.1, 0.15) is 0 Å². The summed E-state index contributed by atoms with van der Waals surface area (Å²) in [6, 6.07) is 5.63. The van der Waals surface area contributed by atoms with Gasteiger partial charge in [-0.1, -0.05) is 13.0 Å². The van der Waals surface area contributed by atoms with Gasteiger partial charge in [0, 0.05) is 12.6 Å². The van der Waals surface area contributed by atoms with Crippen molar-refractivity contribution in [3.63, 3.8) is 0 Å². The predicted octanol–water partition coefficient (Wildman–Crippen LogP) is 1.35. The largest absolute Gasteiger partial charge is 0.454 e. The van der Waals surface area contributed by atoms with Crippen molar-refractivity contribution >= 4 is 10.0 Å². The number of nitrogens with zero attached hydrogens (tertiary/aromatic N) is 1. The second-order valence-corrected chi connectivity index (χ2v) is 7.19. The van der Waals surface area contributed by atoms with Gasteiger partial charge >= 0.3 is 0 Å². The molecule has 1 aromatic rings. The Balaban J connectivity index is 2.12. The lowest BCUT2D eigenvalue weighted by atomic mass is 10.1. The van der Waals surface area contributed by atoms with Crippen LogP contribution in [0.15, 0.2) is 18.2 Å². The van der Waals surface area contributed by atoms with Crippen molar-refractivity contribution in [2.75, 3.05) is 33.2 Å². The number of likely N-dealkylation sites (N-methyl/N-ethyl adjacent to an activating group) is 1. The Labute approximate surface area is 126 Å². The molecule has 0 spiro atoms. The van der Waals surface area contributed by atoms with Crippen LogP contribution < -0.4 is 14.2 Å². The molecule has 1 aliphatic heterocycles.